The van der Waals surface area contributed by atoms with Crippen LogP contribution in [0.2, 0.25) is 0 Å². The molecule has 0 heterocycles. The molecule has 4 heteroatoms. The predicted octanol–water partition coefficient (Wildman–Crippen LogP) is 4.50. The van der Waals surface area contributed by atoms with E-state index in [1.165, 1.54) is 12.8 Å². The van der Waals surface area contributed by atoms with Crippen molar-refractivity contribution in [3.63, 3.8) is 0 Å². The van der Waals surface area contributed by atoms with Gasteiger partial charge in [0.05, 0.1) is 12.7 Å². The molecule has 0 atom stereocenters. The molecule has 0 bridgehead atoms. The van der Waals surface area contributed by atoms with Gasteiger partial charge in [-0.2, -0.15) is 0 Å². The molecule has 0 aliphatic heterocycles. The van der Waals surface area contributed by atoms with E-state index in [0.717, 1.165) is 29.6 Å². The predicted molar refractivity (Wildman–Crippen MR) is 88.8 cm³/mol. The molecule has 1 aromatic carbocycles. The van der Waals surface area contributed by atoms with Crippen molar-refractivity contribution in [2.75, 3.05) is 13.7 Å². The van der Waals surface area contributed by atoms with Gasteiger partial charge < -0.3 is 9.64 Å². The minimum absolute atomic E-state index is 0.112. The van der Waals surface area contributed by atoms with Gasteiger partial charge in [0.15, 0.2) is 0 Å². The van der Waals surface area contributed by atoms with Crippen LogP contribution in [0, 0.1) is 5.92 Å². The van der Waals surface area contributed by atoms with E-state index >= 15 is 0 Å². The molecule has 1 saturated carbocycles. The molecule has 0 spiro atoms. The third-order valence-electron chi connectivity index (χ3n) is 3.99. The molecule has 0 unspecified atom stereocenters. The van der Waals surface area contributed by atoms with Crippen LogP contribution in [0.15, 0.2) is 22.7 Å². The molecule has 1 fully saturated rings. The molecule has 116 valence electrons. The van der Waals surface area contributed by atoms with Crippen LogP contribution in [-0.2, 0) is 0 Å². The first kappa shape index (κ1) is 16.3. The third-order valence-corrected chi connectivity index (χ3v) is 4.68. The van der Waals surface area contributed by atoms with Crippen molar-refractivity contribution in [3.05, 3.63) is 28.2 Å². The summed E-state index contributed by atoms with van der Waals surface area (Å²) >= 11 is 3.50. The lowest BCUT2D eigenvalue weighted by atomic mass is 10.1. The first-order valence-electron chi connectivity index (χ1n) is 7.67. The van der Waals surface area contributed by atoms with E-state index in [1.807, 2.05) is 18.2 Å². The summed E-state index contributed by atoms with van der Waals surface area (Å²) in [5, 5.41) is 0. The summed E-state index contributed by atoms with van der Waals surface area (Å²) in [6.45, 7) is 5.14. The van der Waals surface area contributed by atoms with Gasteiger partial charge in [-0.3, -0.25) is 4.79 Å². The summed E-state index contributed by atoms with van der Waals surface area (Å²) in [4.78, 5) is 15.1. The maximum Gasteiger partial charge on any atom is 0.255 e. The summed E-state index contributed by atoms with van der Waals surface area (Å²) in [7, 11) is 1.63. The molecule has 1 aliphatic carbocycles. The number of methoxy groups -OCH3 is 1. The number of rotatable bonds is 5. The van der Waals surface area contributed by atoms with E-state index in [-0.39, 0.29) is 5.91 Å². The van der Waals surface area contributed by atoms with Crippen molar-refractivity contribution in [3.8, 4) is 5.75 Å². The largest absolute Gasteiger partial charge is 0.497 e. The smallest absolute Gasteiger partial charge is 0.255 e. The Bertz CT molecular complexity index is 496. The number of halogens is 1. The molecule has 2 rings (SSSR count). The summed E-state index contributed by atoms with van der Waals surface area (Å²) in [6.07, 6.45) is 4.71. The highest BCUT2D eigenvalue weighted by Gasteiger charge is 2.29. The Morgan fingerprint density at radius 2 is 2.05 bits per heavy atom. The molecule has 0 aromatic heterocycles. The number of hydrogen-bond acceptors (Lipinski definition) is 2. The average molecular weight is 354 g/mol. The fourth-order valence-corrected chi connectivity index (χ4v) is 3.37. The van der Waals surface area contributed by atoms with E-state index in [4.69, 9.17) is 4.74 Å². The Hall–Kier alpha value is -1.03. The van der Waals surface area contributed by atoms with Crippen molar-refractivity contribution < 1.29 is 9.53 Å². The number of carbonyl (C=O) groups excluding carboxylic acids is 1. The number of hydrogen-bond donors (Lipinski definition) is 0. The molecule has 1 aromatic rings. The molecule has 21 heavy (non-hydrogen) atoms. The first-order valence-corrected chi connectivity index (χ1v) is 8.46. The van der Waals surface area contributed by atoms with Crippen molar-refractivity contribution >= 4 is 21.8 Å². The van der Waals surface area contributed by atoms with Crippen molar-refractivity contribution in [2.45, 2.75) is 45.6 Å². The summed E-state index contributed by atoms with van der Waals surface area (Å²) < 4.78 is 6.09. The van der Waals surface area contributed by atoms with Crippen LogP contribution >= 0.6 is 15.9 Å². The van der Waals surface area contributed by atoms with E-state index in [0.29, 0.717) is 17.5 Å². The first-order chi connectivity index (χ1) is 10.0. The highest BCUT2D eigenvalue weighted by atomic mass is 79.9. The van der Waals surface area contributed by atoms with Gasteiger partial charge in [0.25, 0.3) is 5.91 Å². The SMILES string of the molecule is COc1ccc(Br)c(C(=O)N(CC(C)C)C2CCCC2)c1. The third kappa shape index (κ3) is 4.00. The van der Waals surface area contributed by atoms with Gasteiger partial charge in [0.2, 0.25) is 0 Å². The standard InChI is InChI=1S/C17H24BrNO2/c1-12(2)11-19(13-6-4-5-7-13)17(20)15-10-14(21-3)8-9-16(15)18/h8-10,12-13H,4-7,11H2,1-3H3. The van der Waals surface area contributed by atoms with Crippen LogP contribution < -0.4 is 4.74 Å². The van der Waals surface area contributed by atoms with Gasteiger partial charge in [0, 0.05) is 17.1 Å². The van der Waals surface area contributed by atoms with Crippen LogP contribution in [0.25, 0.3) is 0 Å². The molecule has 1 amide bonds. The Morgan fingerprint density at radius 1 is 1.38 bits per heavy atom. The lowest BCUT2D eigenvalue weighted by Crippen LogP contribution is -2.41. The fraction of sp³-hybridized carbons (Fsp3) is 0.588. The van der Waals surface area contributed by atoms with E-state index in [1.54, 1.807) is 7.11 Å². The highest BCUT2D eigenvalue weighted by molar-refractivity contribution is 9.10. The molecule has 3 nitrogen and oxygen atoms in total. The summed E-state index contributed by atoms with van der Waals surface area (Å²) in [5.74, 6) is 1.30. The molecule has 0 radical (unpaired) electrons. The monoisotopic (exact) mass is 353 g/mol. The second kappa shape index (κ2) is 7.30. The van der Waals surface area contributed by atoms with Crippen LogP contribution in [0.5, 0.6) is 5.75 Å². The van der Waals surface area contributed by atoms with Gasteiger partial charge in [-0.1, -0.05) is 26.7 Å². The van der Waals surface area contributed by atoms with Crippen LogP contribution in [0.4, 0.5) is 0 Å². The Morgan fingerprint density at radius 3 is 2.62 bits per heavy atom. The topological polar surface area (TPSA) is 29.5 Å². The van der Waals surface area contributed by atoms with Crippen LogP contribution in [0.3, 0.4) is 0 Å². The Labute approximate surface area is 135 Å². The Kier molecular flexibility index (Phi) is 5.68. The number of amides is 1. The lowest BCUT2D eigenvalue weighted by molar-refractivity contribution is 0.0654. The summed E-state index contributed by atoms with van der Waals surface area (Å²) in [6, 6.07) is 5.96. The molecular formula is C17H24BrNO2. The minimum Gasteiger partial charge on any atom is -0.497 e. The molecular weight excluding hydrogens is 330 g/mol. The van der Waals surface area contributed by atoms with Gasteiger partial charge in [-0.15, -0.1) is 0 Å². The van der Waals surface area contributed by atoms with E-state index in [9.17, 15) is 4.79 Å². The fourth-order valence-electron chi connectivity index (χ4n) is 2.96. The quantitative estimate of drug-likeness (QED) is 0.779. The Balaban J connectivity index is 2.28. The van der Waals surface area contributed by atoms with Crippen molar-refractivity contribution in [1.82, 2.24) is 4.90 Å². The average Bonchev–Trinajstić information content (AvgIpc) is 2.98. The zero-order valence-electron chi connectivity index (χ0n) is 13.1. The molecule has 0 saturated heterocycles. The van der Waals surface area contributed by atoms with Crippen molar-refractivity contribution in [2.24, 2.45) is 5.92 Å². The van der Waals surface area contributed by atoms with Gasteiger partial charge in [-0.25, -0.2) is 0 Å². The van der Waals surface area contributed by atoms with E-state index < -0.39 is 0 Å². The van der Waals surface area contributed by atoms with Gasteiger partial charge >= 0.3 is 0 Å². The second-order valence-corrected chi connectivity index (χ2v) is 6.99. The van der Waals surface area contributed by atoms with Crippen LogP contribution in [0.1, 0.15) is 49.9 Å². The summed E-state index contributed by atoms with van der Waals surface area (Å²) in [5.41, 5.74) is 0.696. The highest BCUT2D eigenvalue weighted by Crippen LogP contribution is 2.29. The number of nitrogens with zero attached hydrogens (tertiary/aromatic N) is 1. The molecule has 0 N–H and O–H groups in total. The zero-order chi connectivity index (χ0) is 15.4. The number of ether oxygens (including phenoxy) is 1. The van der Waals surface area contributed by atoms with Gasteiger partial charge in [0.1, 0.15) is 5.75 Å². The van der Waals surface area contributed by atoms with Crippen molar-refractivity contribution in [1.29, 1.82) is 0 Å². The van der Waals surface area contributed by atoms with Crippen LogP contribution in [-0.4, -0.2) is 30.5 Å². The zero-order valence-corrected chi connectivity index (χ0v) is 14.6. The van der Waals surface area contributed by atoms with Gasteiger partial charge in [-0.05, 0) is 52.9 Å². The molecule has 1 aliphatic rings. The van der Waals surface area contributed by atoms with E-state index in [2.05, 4.69) is 34.7 Å². The lowest BCUT2D eigenvalue weighted by Gasteiger charge is -2.31. The second-order valence-electron chi connectivity index (χ2n) is 6.14. The maximum absolute atomic E-state index is 13.0. The number of benzene rings is 1. The number of carbonyl (C=O) groups is 1. The maximum atomic E-state index is 13.0. The minimum atomic E-state index is 0.112. The normalized spacial score (nSPS) is 15.5.